The molecule has 1 aromatic heterocycles. The summed E-state index contributed by atoms with van der Waals surface area (Å²) in [5.74, 6) is -7.27. The number of sulfonamides is 1. The first-order chi connectivity index (χ1) is 18.2. The smallest absolute Gasteiger partial charge is 0.275 e. The summed E-state index contributed by atoms with van der Waals surface area (Å²) in [5.41, 5.74) is -1.90. The van der Waals surface area contributed by atoms with Crippen LogP contribution in [0.5, 0.6) is 0 Å². The second-order valence-corrected chi connectivity index (χ2v) is 10.6. The van der Waals surface area contributed by atoms with Gasteiger partial charge in [0.05, 0.1) is 0 Å². The van der Waals surface area contributed by atoms with Gasteiger partial charge in [-0.2, -0.15) is 0 Å². The average molecular weight is 580 g/mol. The topological polar surface area (TPSA) is 130 Å². The number of likely N-dealkylation sites (tertiary alicyclic amines) is 1. The Hall–Kier alpha value is -3.14. The summed E-state index contributed by atoms with van der Waals surface area (Å²) in [4.78, 5) is 31.4. The zero-order chi connectivity index (χ0) is 30.0. The van der Waals surface area contributed by atoms with E-state index in [1.54, 1.807) is 6.92 Å². The number of benzene rings is 1. The molecule has 1 aliphatic rings. The number of hydrogen-bond acceptors (Lipinski definition) is 7. The lowest BCUT2D eigenvalue weighted by Gasteiger charge is -2.38. The van der Waals surface area contributed by atoms with Crippen molar-refractivity contribution in [3.63, 3.8) is 0 Å². The third-order valence-corrected chi connectivity index (χ3v) is 7.34. The molecule has 15 heteroatoms. The molecule has 0 aliphatic carbocycles. The summed E-state index contributed by atoms with van der Waals surface area (Å²) in [5, 5.41) is 4.97. The van der Waals surface area contributed by atoms with Gasteiger partial charge < -0.3 is 20.1 Å². The van der Waals surface area contributed by atoms with Crippen LogP contribution in [-0.4, -0.2) is 75.6 Å². The number of halogens is 4. The number of carbonyl (C=O) groups excluding carboxylic acids is 3. The molecule has 10 nitrogen and oxygen atoms in total. The number of aldehydes is 2. The summed E-state index contributed by atoms with van der Waals surface area (Å²) in [6, 6.07) is 1.05. The second-order valence-electron chi connectivity index (χ2n) is 8.92. The van der Waals surface area contributed by atoms with E-state index in [1.165, 1.54) is 7.05 Å². The number of nitrogens with zero attached hydrogens (tertiary/aromatic N) is 2. The van der Waals surface area contributed by atoms with Crippen molar-refractivity contribution in [1.29, 1.82) is 0 Å². The molecule has 0 atom stereocenters. The maximum atomic E-state index is 15.0. The third-order valence-electron chi connectivity index (χ3n) is 5.71. The van der Waals surface area contributed by atoms with Crippen LogP contribution in [0.4, 0.5) is 23.2 Å². The highest BCUT2D eigenvalue weighted by atomic mass is 32.2. The lowest BCUT2D eigenvalue weighted by molar-refractivity contribution is -0.122. The van der Waals surface area contributed by atoms with Crippen molar-refractivity contribution in [2.45, 2.75) is 37.1 Å². The van der Waals surface area contributed by atoms with Crippen molar-refractivity contribution in [1.82, 2.24) is 19.5 Å². The molecule has 3 N–H and O–H groups in total. The number of carbonyl (C=O) groups is 3. The number of piperidine rings is 1. The highest BCUT2D eigenvalue weighted by Gasteiger charge is 2.36. The molecule has 0 spiro atoms. The second kappa shape index (κ2) is 14.9. The standard InChI is InChI=1S/C19H22F4N4O3S.C3H9N.C2H2O2/c1-19(4-6-26(2)7-5-19)25-31(29,30)14-10-27(3)17(16(14)23)18(28)24-11-8-12(20)15(22)13(21)9-11;1-3-4-2;3-1-2-4/h8-10,25H,4-7H2,1-3H3,(H,24,28);4H,3H2,1-2H3;1-2H. The van der Waals surface area contributed by atoms with Crippen molar-refractivity contribution in [3.05, 3.63) is 47.3 Å². The molecule has 39 heavy (non-hydrogen) atoms. The summed E-state index contributed by atoms with van der Waals surface area (Å²) in [6.45, 7) is 6.19. The minimum Gasteiger partial charge on any atom is -0.343 e. The number of nitrogens with one attached hydrogen (secondary N) is 3. The van der Waals surface area contributed by atoms with Crippen LogP contribution in [0.25, 0.3) is 0 Å². The Kier molecular flexibility index (Phi) is 12.9. The van der Waals surface area contributed by atoms with Gasteiger partial charge in [0.15, 0.2) is 35.8 Å². The zero-order valence-electron chi connectivity index (χ0n) is 22.3. The normalized spacial score (nSPS) is 14.8. The van der Waals surface area contributed by atoms with Crippen molar-refractivity contribution in [2.75, 3.05) is 39.0 Å². The maximum Gasteiger partial charge on any atom is 0.275 e. The molecule has 3 rings (SSSR count). The van der Waals surface area contributed by atoms with Crippen LogP contribution < -0.4 is 15.4 Å². The number of aryl methyl sites for hydroxylation is 1. The van der Waals surface area contributed by atoms with Gasteiger partial charge in [0.2, 0.25) is 10.0 Å². The van der Waals surface area contributed by atoms with Gasteiger partial charge >= 0.3 is 0 Å². The number of rotatable bonds is 7. The van der Waals surface area contributed by atoms with Gasteiger partial charge in [0.25, 0.3) is 5.91 Å². The third kappa shape index (κ3) is 9.53. The molecule has 0 saturated carbocycles. The highest BCUT2D eigenvalue weighted by molar-refractivity contribution is 7.89. The van der Waals surface area contributed by atoms with Crippen LogP contribution in [0, 0.1) is 23.3 Å². The predicted molar refractivity (Wildman–Crippen MR) is 137 cm³/mol. The first-order valence-corrected chi connectivity index (χ1v) is 13.2. The quantitative estimate of drug-likeness (QED) is 0.199. The van der Waals surface area contributed by atoms with Crippen molar-refractivity contribution < 1.29 is 40.4 Å². The number of aromatic nitrogens is 1. The van der Waals surface area contributed by atoms with Crippen LogP contribution in [0.3, 0.4) is 0 Å². The van der Waals surface area contributed by atoms with Gasteiger partial charge in [-0.25, -0.2) is 30.7 Å². The maximum absolute atomic E-state index is 15.0. The van der Waals surface area contributed by atoms with Crippen molar-refractivity contribution in [2.24, 2.45) is 7.05 Å². The van der Waals surface area contributed by atoms with Crippen LogP contribution in [0.15, 0.2) is 23.2 Å². The molecule has 0 bridgehead atoms. The number of amides is 1. The Bertz CT molecular complexity index is 1230. The molecule has 2 aromatic rings. The molecule has 1 amide bonds. The molecular formula is C24H33F4N5O5S. The Balaban J connectivity index is 0.000000838. The molecule has 1 fully saturated rings. The van der Waals surface area contributed by atoms with Gasteiger partial charge in [-0.05, 0) is 53.5 Å². The van der Waals surface area contributed by atoms with Crippen LogP contribution in [-0.2, 0) is 26.7 Å². The van der Waals surface area contributed by atoms with Gasteiger partial charge in [0.1, 0.15) is 10.6 Å². The Morgan fingerprint density at radius 3 is 1.95 bits per heavy atom. The molecule has 0 unspecified atom stereocenters. The number of hydrogen-bond donors (Lipinski definition) is 3. The monoisotopic (exact) mass is 579 g/mol. The van der Waals surface area contributed by atoms with E-state index in [2.05, 4.69) is 17.0 Å². The van der Waals surface area contributed by atoms with Gasteiger partial charge in [-0.15, -0.1) is 0 Å². The summed E-state index contributed by atoms with van der Waals surface area (Å²) in [6.07, 6.45) is 2.37. The van der Waals surface area contributed by atoms with Crippen molar-refractivity contribution in [3.8, 4) is 0 Å². The Morgan fingerprint density at radius 2 is 1.51 bits per heavy atom. The lowest BCUT2D eigenvalue weighted by atomic mass is 9.91. The zero-order valence-corrected chi connectivity index (χ0v) is 23.1. The minimum absolute atomic E-state index is 0.194. The van der Waals surface area contributed by atoms with Gasteiger partial charge in [-0.3, -0.25) is 14.4 Å². The van der Waals surface area contributed by atoms with E-state index in [-0.39, 0.29) is 12.6 Å². The van der Waals surface area contributed by atoms with E-state index in [0.29, 0.717) is 38.1 Å². The van der Waals surface area contributed by atoms with Crippen LogP contribution in [0.2, 0.25) is 0 Å². The highest BCUT2D eigenvalue weighted by Crippen LogP contribution is 2.27. The average Bonchev–Trinajstić information content (AvgIpc) is 3.19. The fourth-order valence-corrected chi connectivity index (χ4v) is 5.02. The SMILES string of the molecule is CCNC.CN1CCC(C)(NS(=O)(=O)c2cn(C)c(C(=O)Nc3cc(F)c(F)c(F)c3)c2F)CC1.O=CC=O. The fraction of sp³-hybridized carbons (Fsp3) is 0.458. The molecular weight excluding hydrogens is 546 g/mol. The minimum atomic E-state index is -4.31. The number of anilines is 1. The van der Waals surface area contributed by atoms with E-state index in [4.69, 9.17) is 9.59 Å². The molecule has 1 aromatic carbocycles. The molecule has 1 saturated heterocycles. The van der Waals surface area contributed by atoms with E-state index in [1.807, 2.05) is 24.3 Å². The first-order valence-electron chi connectivity index (χ1n) is 11.7. The first kappa shape index (κ1) is 33.9. The molecule has 0 radical (unpaired) electrons. The predicted octanol–water partition coefficient (Wildman–Crippen LogP) is 2.21. The fourth-order valence-electron chi connectivity index (χ4n) is 3.43. The van der Waals surface area contributed by atoms with E-state index >= 15 is 0 Å². The van der Waals surface area contributed by atoms with E-state index in [9.17, 15) is 30.8 Å². The van der Waals surface area contributed by atoms with Gasteiger partial charge in [0, 0.05) is 36.6 Å². The Labute approximate surface area is 224 Å². The summed E-state index contributed by atoms with van der Waals surface area (Å²) < 4.78 is 83.9. The molecule has 2 heterocycles. The Morgan fingerprint density at radius 1 is 1.03 bits per heavy atom. The van der Waals surface area contributed by atoms with E-state index < -0.39 is 61.0 Å². The lowest BCUT2D eigenvalue weighted by Crippen LogP contribution is -2.52. The summed E-state index contributed by atoms with van der Waals surface area (Å²) in [7, 11) is 0.785. The summed E-state index contributed by atoms with van der Waals surface area (Å²) >= 11 is 0. The van der Waals surface area contributed by atoms with Crippen LogP contribution in [0.1, 0.15) is 37.2 Å². The van der Waals surface area contributed by atoms with Crippen LogP contribution >= 0.6 is 0 Å². The largest absolute Gasteiger partial charge is 0.343 e. The molecule has 218 valence electrons. The van der Waals surface area contributed by atoms with Crippen molar-refractivity contribution >= 4 is 34.2 Å². The van der Waals surface area contributed by atoms with Gasteiger partial charge in [-0.1, -0.05) is 6.92 Å². The molecule has 1 aliphatic heterocycles. The van der Waals surface area contributed by atoms with E-state index in [0.717, 1.165) is 17.3 Å².